The highest BCUT2D eigenvalue weighted by Gasteiger charge is 2.19. The molecule has 0 aromatic rings. The Labute approximate surface area is 72.4 Å². The Balaban J connectivity index is 2.29. The summed E-state index contributed by atoms with van der Waals surface area (Å²) in [6, 6.07) is 0. The van der Waals surface area contributed by atoms with Crippen molar-refractivity contribution in [2.75, 3.05) is 13.7 Å². The van der Waals surface area contributed by atoms with E-state index in [4.69, 9.17) is 4.74 Å². The quantitative estimate of drug-likeness (QED) is 0.600. The molecule has 1 rings (SSSR count). The lowest BCUT2D eigenvalue weighted by Crippen LogP contribution is -2.16. The summed E-state index contributed by atoms with van der Waals surface area (Å²) in [5.74, 6) is 0.195. The molecule has 3 heteroatoms. The Hall–Kier alpha value is -0.990. The Bertz CT molecular complexity index is 186. The van der Waals surface area contributed by atoms with Gasteiger partial charge >= 0.3 is 5.97 Å². The van der Waals surface area contributed by atoms with Gasteiger partial charge in [-0.1, -0.05) is 6.92 Å². The Morgan fingerprint density at radius 2 is 2.58 bits per heavy atom. The van der Waals surface area contributed by atoms with Gasteiger partial charge in [-0.05, 0) is 12.5 Å². The van der Waals surface area contributed by atoms with Crippen molar-refractivity contribution in [3.05, 3.63) is 12.3 Å². The van der Waals surface area contributed by atoms with E-state index in [9.17, 15) is 4.79 Å². The molecular formula is C9H14O3. The zero-order valence-corrected chi connectivity index (χ0v) is 7.45. The summed E-state index contributed by atoms with van der Waals surface area (Å²) < 4.78 is 9.66. The van der Waals surface area contributed by atoms with Crippen LogP contribution in [0.1, 0.15) is 13.3 Å². The van der Waals surface area contributed by atoms with Gasteiger partial charge in [-0.25, -0.2) is 0 Å². The van der Waals surface area contributed by atoms with E-state index in [1.807, 2.05) is 13.0 Å². The number of ether oxygens (including phenoxy) is 2. The van der Waals surface area contributed by atoms with Gasteiger partial charge in [0.2, 0.25) is 0 Å². The van der Waals surface area contributed by atoms with Crippen LogP contribution in [0.25, 0.3) is 0 Å². The number of carbonyl (C=O) groups is 1. The molecule has 0 fully saturated rings. The molecule has 2 atom stereocenters. The van der Waals surface area contributed by atoms with Crippen molar-refractivity contribution in [3.8, 4) is 0 Å². The summed E-state index contributed by atoms with van der Waals surface area (Å²) in [4.78, 5) is 11.0. The molecule has 0 aromatic heterocycles. The van der Waals surface area contributed by atoms with Gasteiger partial charge in [-0.2, -0.15) is 0 Å². The second kappa shape index (κ2) is 4.14. The van der Waals surface area contributed by atoms with Gasteiger partial charge in [0, 0.05) is 5.92 Å². The van der Waals surface area contributed by atoms with E-state index in [2.05, 4.69) is 4.74 Å². The molecule has 1 heterocycles. The first-order valence-electron chi connectivity index (χ1n) is 4.10. The third-order valence-corrected chi connectivity index (χ3v) is 2.02. The first-order valence-corrected chi connectivity index (χ1v) is 4.10. The second-order valence-electron chi connectivity index (χ2n) is 3.08. The summed E-state index contributed by atoms with van der Waals surface area (Å²) in [6.07, 6.45) is 4.48. The molecule has 0 aliphatic carbocycles. The van der Waals surface area contributed by atoms with Crippen LogP contribution >= 0.6 is 0 Å². The lowest BCUT2D eigenvalue weighted by atomic mass is 9.97. The van der Waals surface area contributed by atoms with Crippen LogP contribution in [0, 0.1) is 11.8 Å². The van der Waals surface area contributed by atoms with E-state index in [0.29, 0.717) is 12.5 Å². The third kappa shape index (κ3) is 2.26. The first-order chi connectivity index (χ1) is 5.74. The van der Waals surface area contributed by atoms with Crippen molar-refractivity contribution < 1.29 is 14.3 Å². The van der Waals surface area contributed by atoms with Crippen LogP contribution in [0.5, 0.6) is 0 Å². The molecule has 3 nitrogen and oxygen atoms in total. The maximum Gasteiger partial charge on any atom is 0.308 e. The molecule has 0 radical (unpaired) electrons. The molecule has 0 spiro atoms. The SMILES string of the molecule is COC(=O)[C@H](C)C[C@H]1C=COC1. The Kier molecular flexibility index (Phi) is 3.14. The Morgan fingerprint density at radius 3 is 3.08 bits per heavy atom. The van der Waals surface area contributed by atoms with Crippen LogP contribution in [-0.2, 0) is 14.3 Å². The van der Waals surface area contributed by atoms with Crippen molar-refractivity contribution in [1.82, 2.24) is 0 Å². The lowest BCUT2D eigenvalue weighted by molar-refractivity contribution is -0.145. The van der Waals surface area contributed by atoms with Crippen LogP contribution in [0.4, 0.5) is 0 Å². The van der Waals surface area contributed by atoms with Crippen LogP contribution in [0.3, 0.4) is 0 Å². The maximum atomic E-state index is 11.0. The molecule has 1 aliphatic heterocycles. The summed E-state index contributed by atoms with van der Waals surface area (Å²) in [5.41, 5.74) is 0. The predicted molar refractivity (Wildman–Crippen MR) is 44.4 cm³/mol. The van der Waals surface area contributed by atoms with Crippen LogP contribution in [-0.4, -0.2) is 19.7 Å². The minimum atomic E-state index is -0.143. The fourth-order valence-corrected chi connectivity index (χ4v) is 1.30. The highest BCUT2D eigenvalue weighted by atomic mass is 16.5. The van der Waals surface area contributed by atoms with Crippen molar-refractivity contribution >= 4 is 5.97 Å². The number of rotatable bonds is 3. The standard InChI is InChI=1S/C9H14O3/c1-7(9(10)11-2)5-8-3-4-12-6-8/h3-4,7-8H,5-6H2,1-2H3/t7-,8-/m1/s1. The maximum absolute atomic E-state index is 11.0. The second-order valence-corrected chi connectivity index (χ2v) is 3.08. The van der Waals surface area contributed by atoms with Gasteiger partial charge in [-0.15, -0.1) is 0 Å². The number of carbonyl (C=O) groups excluding carboxylic acids is 1. The fourth-order valence-electron chi connectivity index (χ4n) is 1.30. The molecule has 0 aromatic carbocycles. The Morgan fingerprint density at radius 1 is 1.83 bits per heavy atom. The zero-order valence-electron chi connectivity index (χ0n) is 7.45. The normalized spacial score (nSPS) is 23.3. The molecule has 0 saturated carbocycles. The molecule has 0 saturated heterocycles. The molecule has 0 N–H and O–H groups in total. The highest BCUT2D eigenvalue weighted by molar-refractivity contribution is 5.71. The first kappa shape index (κ1) is 9.10. The van der Waals surface area contributed by atoms with E-state index in [1.165, 1.54) is 7.11 Å². The van der Waals surface area contributed by atoms with Gasteiger partial charge < -0.3 is 9.47 Å². The highest BCUT2D eigenvalue weighted by Crippen LogP contribution is 2.18. The van der Waals surface area contributed by atoms with E-state index in [1.54, 1.807) is 6.26 Å². The van der Waals surface area contributed by atoms with Gasteiger partial charge in [0.05, 0.1) is 25.9 Å². The van der Waals surface area contributed by atoms with Gasteiger partial charge in [0.15, 0.2) is 0 Å². The molecular weight excluding hydrogens is 156 g/mol. The number of esters is 1. The number of hydrogen-bond acceptors (Lipinski definition) is 3. The lowest BCUT2D eigenvalue weighted by Gasteiger charge is -2.11. The number of hydrogen-bond donors (Lipinski definition) is 0. The fraction of sp³-hybridized carbons (Fsp3) is 0.667. The van der Waals surface area contributed by atoms with E-state index in [0.717, 1.165) is 6.42 Å². The van der Waals surface area contributed by atoms with Gasteiger partial charge in [-0.3, -0.25) is 4.79 Å². The van der Waals surface area contributed by atoms with Crippen LogP contribution < -0.4 is 0 Å². The topological polar surface area (TPSA) is 35.5 Å². The van der Waals surface area contributed by atoms with Crippen LogP contribution in [0.15, 0.2) is 12.3 Å². The largest absolute Gasteiger partial charge is 0.501 e. The average Bonchev–Trinajstić information content (AvgIpc) is 2.55. The van der Waals surface area contributed by atoms with E-state index in [-0.39, 0.29) is 11.9 Å². The van der Waals surface area contributed by atoms with Crippen molar-refractivity contribution in [2.24, 2.45) is 11.8 Å². The molecule has 0 amide bonds. The number of methoxy groups -OCH3 is 1. The van der Waals surface area contributed by atoms with Crippen LogP contribution in [0.2, 0.25) is 0 Å². The summed E-state index contributed by atoms with van der Waals surface area (Å²) in [5, 5.41) is 0. The van der Waals surface area contributed by atoms with Crippen molar-refractivity contribution in [1.29, 1.82) is 0 Å². The monoisotopic (exact) mass is 170 g/mol. The minimum absolute atomic E-state index is 0.0358. The zero-order chi connectivity index (χ0) is 8.97. The molecule has 0 unspecified atom stereocenters. The molecule has 1 aliphatic rings. The van der Waals surface area contributed by atoms with Crippen molar-refractivity contribution in [2.45, 2.75) is 13.3 Å². The molecule has 12 heavy (non-hydrogen) atoms. The average molecular weight is 170 g/mol. The smallest absolute Gasteiger partial charge is 0.308 e. The summed E-state index contributed by atoms with van der Waals surface area (Å²) in [7, 11) is 1.42. The van der Waals surface area contributed by atoms with E-state index >= 15 is 0 Å². The molecule has 0 bridgehead atoms. The summed E-state index contributed by atoms with van der Waals surface area (Å²) in [6.45, 7) is 2.57. The van der Waals surface area contributed by atoms with Gasteiger partial charge in [0.1, 0.15) is 0 Å². The van der Waals surface area contributed by atoms with Gasteiger partial charge in [0.25, 0.3) is 0 Å². The predicted octanol–water partition coefficient (Wildman–Crippen LogP) is 1.35. The molecule has 68 valence electrons. The van der Waals surface area contributed by atoms with Crippen molar-refractivity contribution in [3.63, 3.8) is 0 Å². The third-order valence-electron chi connectivity index (χ3n) is 2.02. The minimum Gasteiger partial charge on any atom is -0.501 e. The van der Waals surface area contributed by atoms with E-state index < -0.39 is 0 Å². The summed E-state index contributed by atoms with van der Waals surface area (Å²) >= 11 is 0.